The van der Waals surface area contributed by atoms with Crippen LogP contribution in [0.4, 0.5) is 5.95 Å². The lowest BCUT2D eigenvalue weighted by Gasteiger charge is -2.31. The summed E-state index contributed by atoms with van der Waals surface area (Å²) in [5.74, 6) is 1.04. The number of amides is 1. The lowest BCUT2D eigenvalue weighted by atomic mass is 10.1. The molecule has 168 valence electrons. The van der Waals surface area contributed by atoms with E-state index in [2.05, 4.69) is 41.4 Å². The van der Waals surface area contributed by atoms with Gasteiger partial charge in [-0.1, -0.05) is 48.2 Å². The average Bonchev–Trinajstić information content (AvgIpc) is 3.27. The van der Waals surface area contributed by atoms with E-state index in [1.807, 2.05) is 62.4 Å². The second kappa shape index (κ2) is 9.12. The highest BCUT2D eigenvalue weighted by molar-refractivity contribution is 7.99. The zero-order chi connectivity index (χ0) is 22.8. The number of benzene rings is 2. The molecule has 2 aromatic heterocycles. The molecule has 0 aliphatic carbocycles. The molecule has 4 aromatic rings. The van der Waals surface area contributed by atoms with Gasteiger partial charge >= 0.3 is 0 Å². The van der Waals surface area contributed by atoms with Gasteiger partial charge in [-0.25, -0.2) is 9.97 Å². The van der Waals surface area contributed by atoms with Crippen LogP contribution in [0.1, 0.15) is 17.7 Å². The van der Waals surface area contributed by atoms with Gasteiger partial charge in [0.2, 0.25) is 17.0 Å². The van der Waals surface area contributed by atoms with Gasteiger partial charge in [-0.3, -0.25) is 10.1 Å². The Labute approximate surface area is 194 Å². The highest BCUT2D eigenvalue weighted by atomic mass is 32.2. The number of para-hydroxylation sites is 2. The number of aryl methyl sites for hydroxylation is 2. The molecule has 3 N–H and O–H groups in total. The van der Waals surface area contributed by atoms with Crippen molar-refractivity contribution in [2.75, 3.05) is 11.1 Å². The molecule has 11 heteroatoms. The first-order valence-electron chi connectivity index (χ1n) is 10.6. The summed E-state index contributed by atoms with van der Waals surface area (Å²) < 4.78 is 1.69. The first-order valence-corrected chi connectivity index (χ1v) is 11.6. The van der Waals surface area contributed by atoms with Crippen LogP contribution in [0.5, 0.6) is 0 Å². The topological polar surface area (TPSA) is 123 Å². The third-order valence-corrected chi connectivity index (χ3v) is 6.47. The number of nitrogens with one attached hydrogen (secondary N) is 3. The van der Waals surface area contributed by atoms with Crippen LogP contribution in [0.15, 0.2) is 53.7 Å². The van der Waals surface area contributed by atoms with Crippen LogP contribution in [0, 0.1) is 13.8 Å². The maximum atomic E-state index is 12.4. The number of thioether (sulfide) groups is 1. The number of hydrogen-bond donors (Lipinski definition) is 3. The lowest BCUT2D eigenvalue weighted by molar-refractivity contribution is -0.123. The van der Waals surface area contributed by atoms with Crippen LogP contribution in [-0.4, -0.2) is 54.2 Å². The van der Waals surface area contributed by atoms with Gasteiger partial charge in [0.1, 0.15) is 0 Å². The average molecular weight is 462 g/mol. The third-order valence-electron chi connectivity index (χ3n) is 5.39. The molecule has 1 fully saturated rings. The molecule has 2 atom stereocenters. The van der Waals surface area contributed by atoms with Crippen molar-refractivity contribution in [1.29, 1.82) is 0 Å². The highest BCUT2D eigenvalue weighted by Gasteiger charge is 2.27. The molecule has 10 nitrogen and oxygen atoms in total. The summed E-state index contributed by atoms with van der Waals surface area (Å²) >= 11 is 1.50. The predicted molar refractivity (Wildman–Crippen MR) is 126 cm³/mol. The van der Waals surface area contributed by atoms with Crippen molar-refractivity contribution in [1.82, 2.24) is 40.8 Å². The van der Waals surface area contributed by atoms with Gasteiger partial charge in [-0.05, 0) is 42.0 Å². The van der Waals surface area contributed by atoms with Crippen LogP contribution < -0.4 is 16.0 Å². The van der Waals surface area contributed by atoms with Crippen LogP contribution >= 0.6 is 11.8 Å². The lowest BCUT2D eigenvalue weighted by Crippen LogP contribution is -2.60. The molecule has 0 spiro atoms. The van der Waals surface area contributed by atoms with E-state index >= 15 is 0 Å². The summed E-state index contributed by atoms with van der Waals surface area (Å²) in [4.78, 5) is 21.6. The van der Waals surface area contributed by atoms with Gasteiger partial charge in [-0.2, -0.15) is 4.68 Å². The number of nitrogens with zero attached hydrogens (tertiary/aromatic N) is 6. The summed E-state index contributed by atoms with van der Waals surface area (Å²) in [7, 11) is 0. The highest BCUT2D eigenvalue weighted by Crippen LogP contribution is 2.22. The van der Waals surface area contributed by atoms with Gasteiger partial charge in [-0.15, -0.1) is 5.10 Å². The number of hydrogen-bond acceptors (Lipinski definition) is 9. The summed E-state index contributed by atoms with van der Waals surface area (Å²) in [6, 6.07) is 15.7. The molecule has 33 heavy (non-hydrogen) atoms. The fraction of sp³-hybridized carbons (Fsp3) is 0.273. The zero-order valence-corrected chi connectivity index (χ0v) is 19.0. The Morgan fingerprint density at radius 2 is 1.97 bits per heavy atom. The molecule has 5 rings (SSSR count). The Morgan fingerprint density at radius 1 is 1.12 bits per heavy atom. The fourth-order valence-corrected chi connectivity index (χ4v) is 4.71. The van der Waals surface area contributed by atoms with Crippen molar-refractivity contribution in [3.8, 4) is 5.69 Å². The minimum atomic E-state index is -0.483. The van der Waals surface area contributed by atoms with Crippen molar-refractivity contribution in [2.45, 2.75) is 37.8 Å². The number of carbonyl (C=O) groups is 1. The minimum Gasteiger partial charge on any atom is -0.323 e. The van der Waals surface area contributed by atoms with Crippen molar-refractivity contribution in [2.24, 2.45) is 0 Å². The molecule has 1 amide bonds. The maximum Gasteiger partial charge on any atom is 0.226 e. The Kier molecular flexibility index (Phi) is 5.88. The van der Waals surface area contributed by atoms with E-state index in [4.69, 9.17) is 0 Å². The fourth-order valence-electron chi connectivity index (χ4n) is 3.78. The minimum absolute atomic E-state index is 0.0480. The van der Waals surface area contributed by atoms with Gasteiger partial charge in [0.25, 0.3) is 0 Å². The number of fused-ring (bicyclic) bond motifs is 1. The van der Waals surface area contributed by atoms with Crippen LogP contribution in [0.2, 0.25) is 0 Å². The Morgan fingerprint density at radius 3 is 2.82 bits per heavy atom. The Balaban J connectivity index is 1.27. The van der Waals surface area contributed by atoms with Gasteiger partial charge in [0.15, 0.2) is 6.29 Å². The molecule has 0 saturated carbocycles. The van der Waals surface area contributed by atoms with Gasteiger partial charge in [0.05, 0.1) is 16.9 Å². The summed E-state index contributed by atoms with van der Waals surface area (Å²) in [6.07, 6.45) is -0.128. The Bertz CT molecular complexity index is 1290. The largest absolute Gasteiger partial charge is 0.323 e. The van der Waals surface area contributed by atoms with Crippen molar-refractivity contribution in [3.63, 3.8) is 0 Å². The third kappa shape index (κ3) is 4.64. The smallest absolute Gasteiger partial charge is 0.226 e. The standard InChI is InChI=1S/C22H23N9OS/c1-13-7-6-10-17-14(2)23-20(26-19(13)17)27-21-24-15(11-18(32)25-21)12-33-22-28-29-30-31(22)16-8-4-3-5-9-16/h3-10,15,21,24H,11-12H2,1-2H3,(H,25,32)(H,23,26,27). The number of rotatable bonds is 6. The number of carbonyl (C=O) groups excluding carboxylic acids is 1. The summed E-state index contributed by atoms with van der Waals surface area (Å²) in [5.41, 5.74) is 3.74. The zero-order valence-electron chi connectivity index (χ0n) is 18.2. The molecular weight excluding hydrogens is 438 g/mol. The summed E-state index contributed by atoms with van der Waals surface area (Å²) in [6.45, 7) is 3.98. The normalized spacial score (nSPS) is 18.3. The SMILES string of the molecule is Cc1nc(NC2NC(=O)CC(CSc3nnnn3-c3ccccc3)N2)nc2c(C)cccc12. The van der Waals surface area contributed by atoms with E-state index in [1.54, 1.807) is 4.68 Å². The second-order valence-electron chi connectivity index (χ2n) is 7.84. The van der Waals surface area contributed by atoms with E-state index in [0.717, 1.165) is 27.8 Å². The van der Waals surface area contributed by atoms with Crippen molar-refractivity contribution >= 4 is 34.5 Å². The molecule has 1 aliphatic heterocycles. The number of tetrazole rings is 1. The number of aromatic nitrogens is 6. The monoisotopic (exact) mass is 461 g/mol. The molecular formula is C22H23N9OS. The number of anilines is 1. The van der Waals surface area contributed by atoms with E-state index < -0.39 is 6.29 Å². The van der Waals surface area contributed by atoms with E-state index in [-0.39, 0.29) is 11.9 Å². The predicted octanol–water partition coefficient (Wildman–Crippen LogP) is 2.19. The van der Waals surface area contributed by atoms with E-state index in [9.17, 15) is 4.79 Å². The molecule has 2 unspecified atom stereocenters. The second-order valence-corrected chi connectivity index (χ2v) is 8.82. The first-order chi connectivity index (χ1) is 16.1. The van der Waals surface area contributed by atoms with Gasteiger partial charge < -0.3 is 10.6 Å². The maximum absolute atomic E-state index is 12.4. The van der Waals surface area contributed by atoms with Crippen LogP contribution in [0.25, 0.3) is 16.6 Å². The summed E-state index contributed by atoms with van der Waals surface area (Å²) in [5, 5.41) is 23.2. The molecule has 0 bridgehead atoms. The van der Waals surface area contributed by atoms with Crippen LogP contribution in [0.3, 0.4) is 0 Å². The Hall–Kier alpha value is -3.57. The first kappa shape index (κ1) is 21.3. The van der Waals surface area contributed by atoms with Crippen molar-refractivity contribution < 1.29 is 4.79 Å². The van der Waals surface area contributed by atoms with Gasteiger partial charge in [0, 0.05) is 23.6 Å². The molecule has 2 aromatic carbocycles. The van der Waals surface area contributed by atoms with Crippen LogP contribution in [-0.2, 0) is 4.79 Å². The van der Waals surface area contributed by atoms with E-state index in [0.29, 0.717) is 23.3 Å². The molecule has 3 heterocycles. The molecule has 0 radical (unpaired) electrons. The molecule has 1 saturated heterocycles. The molecule has 1 aliphatic rings. The quantitative estimate of drug-likeness (QED) is 0.371. The van der Waals surface area contributed by atoms with E-state index in [1.165, 1.54) is 11.8 Å². The van der Waals surface area contributed by atoms with Crippen molar-refractivity contribution in [3.05, 3.63) is 59.8 Å².